The van der Waals surface area contributed by atoms with Gasteiger partial charge in [-0.1, -0.05) is 22.0 Å². The summed E-state index contributed by atoms with van der Waals surface area (Å²) in [6.07, 6.45) is 0. The van der Waals surface area contributed by atoms with Crippen molar-refractivity contribution in [1.82, 2.24) is 9.78 Å². The molecule has 0 fully saturated rings. The number of aromatic nitrogens is 2. The topological polar surface area (TPSA) is 53.1 Å². The molecule has 0 unspecified atom stereocenters. The smallest absolute Gasteiger partial charge is 0.145 e. The largest absolute Gasteiger partial charge is 0.487 e. The van der Waals surface area contributed by atoms with Crippen molar-refractivity contribution < 1.29 is 4.74 Å². The van der Waals surface area contributed by atoms with Crippen LogP contribution in [0, 0.1) is 0 Å². The van der Waals surface area contributed by atoms with Crippen molar-refractivity contribution in [3.05, 3.63) is 40.5 Å². The van der Waals surface area contributed by atoms with Gasteiger partial charge >= 0.3 is 0 Å². The summed E-state index contributed by atoms with van der Waals surface area (Å²) in [6.45, 7) is 3.28. The van der Waals surface area contributed by atoms with Crippen LogP contribution in [0.5, 0.6) is 5.75 Å². The van der Waals surface area contributed by atoms with E-state index in [0.717, 1.165) is 22.5 Å². The molecule has 0 bridgehead atoms. The number of benzene rings is 1. The molecule has 17 heavy (non-hydrogen) atoms. The molecule has 0 saturated heterocycles. The third-order valence-corrected chi connectivity index (χ3v) is 2.86. The Morgan fingerprint density at radius 2 is 2.24 bits per heavy atom. The molecule has 4 nitrogen and oxygen atoms in total. The standard InChI is InChI=1S/C12H14BrN3O/c1-2-16-10(7-12(14)15-16)8-17-11-5-3-4-9(13)6-11/h3-7H,2,8H2,1H3,(H2,14,15). The van der Waals surface area contributed by atoms with Crippen molar-refractivity contribution in [3.63, 3.8) is 0 Å². The predicted molar refractivity (Wildman–Crippen MR) is 70.8 cm³/mol. The Morgan fingerprint density at radius 1 is 1.41 bits per heavy atom. The van der Waals surface area contributed by atoms with E-state index in [1.54, 1.807) is 0 Å². The molecule has 0 radical (unpaired) electrons. The Morgan fingerprint density at radius 3 is 2.94 bits per heavy atom. The summed E-state index contributed by atoms with van der Waals surface area (Å²) in [5, 5.41) is 4.16. The van der Waals surface area contributed by atoms with E-state index in [1.165, 1.54) is 0 Å². The van der Waals surface area contributed by atoms with Crippen LogP contribution in [0.3, 0.4) is 0 Å². The molecule has 2 aromatic rings. The Kier molecular flexibility index (Phi) is 3.68. The summed E-state index contributed by atoms with van der Waals surface area (Å²) in [6, 6.07) is 9.57. The summed E-state index contributed by atoms with van der Waals surface area (Å²) < 4.78 is 8.52. The summed E-state index contributed by atoms with van der Waals surface area (Å²) in [5.41, 5.74) is 6.63. The van der Waals surface area contributed by atoms with Crippen LogP contribution in [0.4, 0.5) is 5.82 Å². The Balaban J connectivity index is 2.06. The normalized spacial score (nSPS) is 10.5. The second-order valence-corrected chi connectivity index (χ2v) is 4.54. The van der Waals surface area contributed by atoms with Gasteiger partial charge in [0.05, 0.1) is 5.69 Å². The Bertz CT molecular complexity index is 510. The van der Waals surface area contributed by atoms with Crippen LogP contribution in [0.1, 0.15) is 12.6 Å². The molecule has 0 atom stereocenters. The summed E-state index contributed by atoms with van der Waals surface area (Å²) >= 11 is 3.40. The minimum atomic E-state index is 0.467. The molecule has 1 aromatic carbocycles. The number of aryl methyl sites for hydroxylation is 1. The van der Waals surface area contributed by atoms with Gasteiger partial charge in [0.1, 0.15) is 18.2 Å². The van der Waals surface area contributed by atoms with E-state index in [0.29, 0.717) is 12.4 Å². The van der Waals surface area contributed by atoms with Gasteiger partial charge in [-0.15, -0.1) is 0 Å². The first-order valence-corrected chi connectivity index (χ1v) is 6.19. The third kappa shape index (κ3) is 3.00. The first-order valence-electron chi connectivity index (χ1n) is 5.39. The second-order valence-electron chi connectivity index (χ2n) is 3.62. The zero-order valence-electron chi connectivity index (χ0n) is 9.56. The fourth-order valence-electron chi connectivity index (χ4n) is 1.58. The van der Waals surface area contributed by atoms with Crippen LogP contribution in [-0.4, -0.2) is 9.78 Å². The van der Waals surface area contributed by atoms with Gasteiger partial charge in [-0.25, -0.2) is 0 Å². The van der Waals surface area contributed by atoms with Gasteiger partial charge in [0.25, 0.3) is 0 Å². The van der Waals surface area contributed by atoms with Crippen LogP contribution in [-0.2, 0) is 13.2 Å². The quantitative estimate of drug-likeness (QED) is 0.944. The molecule has 90 valence electrons. The van der Waals surface area contributed by atoms with Crippen molar-refractivity contribution >= 4 is 21.7 Å². The van der Waals surface area contributed by atoms with Crippen molar-refractivity contribution in [2.24, 2.45) is 0 Å². The highest BCUT2D eigenvalue weighted by Crippen LogP contribution is 2.19. The third-order valence-electron chi connectivity index (χ3n) is 2.36. The Labute approximate surface area is 109 Å². The second kappa shape index (κ2) is 5.23. The van der Waals surface area contributed by atoms with Crippen LogP contribution in [0.25, 0.3) is 0 Å². The SMILES string of the molecule is CCn1nc(N)cc1COc1cccc(Br)c1. The highest BCUT2D eigenvalue weighted by molar-refractivity contribution is 9.10. The lowest BCUT2D eigenvalue weighted by Gasteiger charge is -2.07. The molecule has 2 rings (SSSR count). The number of nitrogen functional groups attached to an aromatic ring is 1. The minimum absolute atomic E-state index is 0.467. The lowest BCUT2D eigenvalue weighted by atomic mass is 10.3. The first kappa shape index (κ1) is 12.0. The zero-order chi connectivity index (χ0) is 12.3. The Hall–Kier alpha value is -1.49. The lowest BCUT2D eigenvalue weighted by molar-refractivity contribution is 0.292. The molecule has 5 heteroatoms. The van der Waals surface area contributed by atoms with E-state index in [2.05, 4.69) is 21.0 Å². The van der Waals surface area contributed by atoms with Gasteiger partial charge in [-0.05, 0) is 25.1 Å². The summed E-state index contributed by atoms with van der Waals surface area (Å²) in [5.74, 6) is 1.35. The molecule has 0 amide bonds. The molecule has 0 aliphatic heterocycles. The average molecular weight is 296 g/mol. The van der Waals surface area contributed by atoms with Crippen molar-refractivity contribution in [2.45, 2.75) is 20.1 Å². The maximum atomic E-state index is 5.68. The van der Waals surface area contributed by atoms with E-state index in [-0.39, 0.29) is 0 Å². The van der Waals surface area contributed by atoms with E-state index in [1.807, 2.05) is 41.9 Å². The van der Waals surface area contributed by atoms with E-state index in [9.17, 15) is 0 Å². The highest BCUT2D eigenvalue weighted by atomic mass is 79.9. The van der Waals surface area contributed by atoms with Gasteiger partial charge in [-0.2, -0.15) is 5.10 Å². The van der Waals surface area contributed by atoms with Gasteiger partial charge in [0, 0.05) is 17.1 Å². The fraction of sp³-hybridized carbons (Fsp3) is 0.250. The molecule has 1 heterocycles. The van der Waals surface area contributed by atoms with Crippen molar-refractivity contribution in [2.75, 3.05) is 5.73 Å². The number of halogens is 1. The van der Waals surface area contributed by atoms with Gasteiger partial charge in [-0.3, -0.25) is 4.68 Å². The lowest BCUT2D eigenvalue weighted by Crippen LogP contribution is -2.06. The summed E-state index contributed by atoms with van der Waals surface area (Å²) in [7, 11) is 0. The number of nitrogens with two attached hydrogens (primary N) is 1. The number of anilines is 1. The van der Waals surface area contributed by atoms with Crippen LogP contribution in [0.2, 0.25) is 0 Å². The van der Waals surface area contributed by atoms with E-state index >= 15 is 0 Å². The molecule has 1 aromatic heterocycles. The number of hydrogen-bond acceptors (Lipinski definition) is 3. The first-order chi connectivity index (χ1) is 8.19. The van der Waals surface area contributed by atoms with Crippen LogP contribution in [0.15, 0.2) is 34.8 Å². The molecule has 0 saturated carbocycles. The molecular weight excluding hydrogens is 282 g/mol. The maximum Gasteiger partial charge on any atom is 0.145 e. The number of rotatable bonds is 4. The molecule has 0 aliphatic carbocycles. The van der Waals surface area contributed by atoms with Crippen molar-refractivity contribution in [1.29, 1.82) is 0 Å². The van der Waals surface area contributed by atoms with Crippen LogP contribution < -0.4 is 10.5 Å². The highest BCUT2D eigenvalue weighted by Gasteiger charge is 2.05. The van der Waals surface area contributed by atoms with Gasteiger partial charge in [0.2, 0.25) is 0 Å². The monoisotopic (exact) mass is 295 g/mol. The predicted octanol–water partition coefficient (Wildman–Crippen LogP) is 2.83. The zero-order valence-corrected chi connectivity index (χ0v) is 11.1. The molecule has 0 aliphatic rings. The number of nitrogens with zero attached hydrogens (tertiary/aromatic N) is 2. The number of hydrogen-bond donors (Lipinski definition) is 1. The van der Waals surface area contributed by atoms with Crippen LogP contribution >= 0.6 is 15.9 Å². The molecule has 0 spiro atoms. The van der Waals surface area contributed by atoms with Crippen molar-refractivity contribution in [3.8, 4) is 5.75 Å². The minimum Gasteiger partial charge on any atom is -0.487 e. The fourth-order valence-corrected chi connectivity index (χ4v) is 1.96. The van der Waals surface area contributed by atoms with Gasteiger partial charge < -0.3 is 10.5 Å². The molecular formula is C12H14BrN3O. The van der Waals surface area contributed by atoms with E-state index in [4.69, 9.17) is 10.5 Å². The number of ether oxygens (including phenoxy) is 1. The average Bonchev–Trinajstić information content (AvgIpc) is 2.67. The molecule has 2 N–H and O–H groups in total. The van der Waals surface area contributed by atoms with E-state index < -0.39 is 0 Å². The maximum absolute atomic E-state index is 5.68. The van der Waals surface area contributed by atoms with Gasteiger partial charge in [0.15, 0.2) is 0 Å². The summed E-state index contributed by atoms with van der Waals surface area (Å²) in [4.78, 5) is 0.